The fourth-order valence-corrected chi connectivity index (χ4v) is 2.85. The van der Waals surface area contributed by atoms with Crippen molar-refractivity contribution in [3.05, 3.63) is 34.9 Å². The molecule has 0 aromatic heterocycles. The zero-order valence-corrected chi connectivity index (χ0v) is 14.6. The van der Waals surface area contributed by atoms with E-state index in [1.807, 2.05) is 0 Å². The average molecular weight is 320 g/mol. The van der Waals surface area contributed by atoms with E-state index in [4.69, 9.17) is 9.47 Å². The fourth-order valence-electron chi connectivity index (χ4n) is 2.85. The summed E-state index contributed by atoms with van der Waals surface area (Å²) in [4.78, 5) is 14.2. The average Bonchev–Trinajstić information content (AvgIpc) is 2.52. The van der Waals surface area contributed by atoms with Crippen molar-refractivity contribution in [2.24, 2.45) is 0 Å². The highest BCUT2D eigenvalue weighted by Gasteiger charge is 2.29. The van der Waals surface area contributed by atoms with Gasteiger partial charge in [-0.05, 0) is 31.9 Å². The summed E-state index contributed by atoms with van der Waals surface area (Å²) in [6, 6.07) is 6.68. The van der Waals surface area contributed by atoms with E-state index >= 15 is 0 Å². The predicted octanol–water partition coefficient (Wildman–Crippen LogP) is 1.83. The van der Waals surface area contributed by atoms with E-state index in [9.17, 15) is 4.79 Å². The van der Waals surface area contributed by atoms with Gasteiger partial charge in [-0.1, -0.05) is 23.8 Å². The van der Waals surface area contributed by atoms with Crippen LogP contribution in [0, 0.1) is 13.8 Å². The van der Waals surface area contributed by atoms with Crippen molar-refractivity contribution < 1.29 is 14.3 Å². The molecule has 1 fully saturated rings. The van der Waals surface area contributed by atoms with E-state index in [0.717, 1.165) is 6.54 Å². The first-order valence-electron chi connectivity index (χ1n) is 8.19. The summed E-state index contributed by atoms with van der Waals surface area (Å²) in [5.74, 6) is 0.0375. The molecule has 5 nitrogen and oxygen atoms in total. The molecule has 0 unspecified atom stereocenters. The zero-order chi connectivity index (χ0) is 16.8. The number of carbonyl (C=O) groups is 1. The van der Waals surface area contributed by atoms with Crippen molar-refractivity contribution in [1.82, 2.24) is 10.2 Å². The van der Waals surface area contributed by atoms with Gasteiger partial charge in [-0.15, -0.1) is 0 Å². The number of amides is 1. The number of methoxy groups -OCH3 is 1. The molecule has 2 atom stereocenters. The normalized spacial score (nSPS) is 22.1. The minimum atomic E-state index is 0.0258. The van der Waals surface area contributed by atoms with E-state index in [1.54, 1.807) is 7.11 Å². The molecule has 0 radical (unpaired) electrons. The first-order chi connectivity index (χ1) is 11.0. The summed E-state index contributed by atoms with van der Waals surface area (Å²) in [7, 11) is 1.63. The third kappa shape index (κ3) is 5.03. The van der Waals surface area contributed by atoms with E-state index in [2.05, 4.69) is 49.2 Å². The van der Waals surface area contributed by atoms with Crippen molar-refractivity contribution >= 4 is 5.91 Å². The number of carbonyl (C=O) groups excluding carboxylic acids is 1. The molecule has 2 rings (SSSR count). The number of hydrogen-bond donors (Lipinski definition) is 1. The molecule has 128 valence electrons. The van der Waals surface area contributed by atoms with Crippen molar-refractivity contribution in [2.45, 2.75) is 32.9 Å². The summed E-state index contributed by atoms with van der Waals surface area (Å²) >= 11 is 0. The minimum Gasteiger partial charge on any atom is -0.383 e. The van der Waals surface area contributed by atoms with Crippen LogP contribution < -0.4 is 5.32 Å². The molecule has 5 heteroatoms. The second kappa shape index (κ2) is 8.43. The Balaban J connectivity index is 1.98. The van der Waals surface area contributed by atoms with Gasteiger partial charge >= 0.3 is 0 Å². The lowest BCUT2D eigenvalue weighted by atomic mass is 9.99. The van der Waals surface area contributed by atoms with Gasteiger partial charge in [-0.25, -0.2) is 0 Å². The Morgan fingerprint density at radius 1 is 1.43 bits per heavy atom. The highest BCUT2D eigenvalue weighted by Crippen LogP contribution is 2.27. The summed E-state index contributed by atoms with van der Waals surface area (Å²) in [6.07, 6.45) is 0.0258. The first-order valence-corrected chi connectivity index (χ1v) is 8.19. The largest absolute Gasteiger partial charge is 0.383 e. The molecular formula is C18H28N2O3. The fraction of sp³-hybridized carbons (Fsp3) is 0.611. The molecule has 0 bridgehead atoms. The van der Waals surface area contributed by atoms with Crippen LogP contribution in [0.2, 0.25) is 0 Å². The van der Waals surface area contributed by atoms with Gasteiger partial charge in [-0.3, -0.25) is 9.69 Å². The number of aryl methyl sites for hydroxylation is 2. The molecule has 1 aromatic carbocycles. The molecule has 1 aromatic rings. The van der Waals surface area contributed by atoms with Gasteiger partial charge in [0.15, 0.2) is 0 Å². The van der Waals surface area contributed by atoms with Crippen molar-refractivity contribution in [3.8, 4) is 0 Å². The van der Waals surface area contributed by atoms with Gasteiger partial charge in [0.25, 0.3) is 0 Å². The number of hydrogen-bond acceptors (Lipinski definition) is 4. The number of benzene rings is 1. The molecule has 1 heterocycles. The molecule has 1 aliphatic heterocycles. The lowest BCUT2D eigenvalue weighted by molar-refractivity contribution is -0.126. The maximum atomic E-state index is 12.0. The molecule has 1 saturated heterocycles. The Morgan fingerprint density at radius 2 is 2.22 bits per heavy atom. The van der Waals surface area contributed by atoms with Crippen LogP contribution in [0.5, 0.6) is 0 Å². The second-order valence-electron chi connectivity index (χ2n) is 6.30. The van der Waals surface area contributed by atoms with Gasteiger partial charge in [0.2, 0.25) is 5.91 Å². The van der Waals surface area contributed by atoms with Gasteiger partial charge in [0.05, 0.1) is 25.9 Å². The van der Waals surface area contributed by atoms with E-state index in [0.29, 0.717) is 26.3 Å². The first kappa shape index (κ1) is 17.9. The van der Waals surface area contributed by atoms with Gasteiger partial charge in [-0.2, -0.15) is 0 Å². The Morgan fingerprint density at radius 3 is 2.96 bits per heavy atom. The number of nitrogens with one attached hydrogen (secondary N) is 1. The molecule has 0 aliphatic carbocycles. The summed E-state index contributed by atoms with van der Waals surface area (Å²) in [6.45, 7) is 9.17. The van der Waals surface area contributed by atoms with E-state index in [1.165, 1.54) is 16.7 Å². The lowest BCUT2D eigenvalue weighted by Gasteiger charge is -2.38. The highest BCUT2D eigenvalue weighted by atomic mass is 16.5. The van der Waals surface area contributed by atoms with Crippen LogP contribution in [0.3, 0.4) is 0 Å². The Hall–Kier alpha value is -1.43. The van der Waals surface area contributed by atoms with Crippen molar-refractivity contribution in [3.63, 3.8) is 0 Å². The lowest BCUT2D eigenvalue weighted by Crippen LogP contribution is -2.49. The van der Waals surface area contributed by atoms with Gasteiger partial charge in [0.1, 0.15) is 0 Å². The molecule has 1 aliphatic rings. The molecule has 1 amide bonds. The predicted molar refractivity (Wildman–Crippen MR) is 90.5 cm³/mol. The Labute approximate surface area is 139 Å². The highest BCUT2D eigenvalue weighted by molar-refractivity contribution is 5.78. The molecule has 23 heavy (non-hydrogen) atoms. The standard InChI is InChI=1S/C18H28N2O3/c1-13-5-6-14(2)16(9-13)17-10-20(15(3)12-23-17)11-18(21)19-7-8-22-4/h5-6,9,15,17H,7-8,10-12H2,1-4H3,(H,19,21)/t15-,17+/m1/s1. The van der Waals surface area contributed by atoms with Crippen LogP contribution in [0.1, 0.15) is 29.7 Å². The number of nitrogens with zero attached hydrogens (tertiary/aromatic N) is 1. The van der Waals surface area contributed by atoms with Crippen LogP contribution >= 0.6 is 0 Å². The Bertz CT molecular complexity index is 533. The van der Waals surface area contributed by atoms with Crippen molar-refractivity contribution in [1.29, 1.82) is 0 Å². The van der Waals surface area contributed by atoms with Crippen LogP contribution in [0.4, 0.5) is 0 Å². The summed E-state index contributed by atoms with van der Waals surface area (Å²) in [5.41, 5.74) is 3.69. The van der Waals surface area contributed by atoms with Crippen LogP contribution in [0.15, 0.2) is 18.2 Å². The van der Waals surface area contributed by atoms with E-state index in [-0.39, 0.29) is 18.1 Å². The van der Waals surface area contributed by atoms with Gasteiger partial charge < -0.3 is 14.8 Å². The number of rotatable bonds is 6. The monoisotopic (exact) mass is 320 g/mol. The third-order valence-corrected chi connectivity index (χ3v) is 4.32. The summed E-state index contributed by atoms with van der Waals surface area (Å²) < 4.78 is 11.0. The van der Waals surface area contributed by atoms with Gasteiger partial charge in [0, 0.05) is 26.2 Å². The molecular weight excluding hydrogens is 292 g/mol. The zero-order valence-electron chi connectivity index (χ0n) is 14.6. The molecule has 0 spiro atoms. The topological polar surface area (TPSA) is 50.8 Å². The molecule has 0 saturated carbocycles. The smallest absolute Gasteiger partial charge is 0.234 e. The second-order valence-corrected chi connectivity index (χ2v) is 6.30. The number of ether oxygens (including phenoxy) is 2. The number of morpholine rings is 1. The van der Waals surface area contributed by atoms with E-state index < -0.39 is 0 Å². The van der Waals surface area contributed by atoms with Crippen molar-refractivity contribution in [2.75, 3.05) is 40.0 Å². The maximum Gasteiger partial charge on any atom is 0.234 e. The molecule has 1 N–H and O–H groups in total. The third-order valence-electron chi connectivity index (χ3n) is 4.32. The van der Waals surface area contributed by atoms with Crippen LogP contribution in [0.25, 0.3) is 0 Å². The maximum absolute atomic E-state index is 12.0. The van der Waals surface area contributed by atoms with Crippen LogP contribution in [-0.4, -0.2) is 56.8 Å². The van der Waals surface area contributed by atoms with Crippen LogP contribution in [-0.2, 0) is 14.3 Å². The minimum absolute atomic E-state index is 0.0258. The quantitative estimate of drug-likeness (QED) is 0.813. The Kier molecular flexibility index (Phi) is 6.57. The summed E-state index contributed by atoms with van der Waals surface area (Å²) in [5, 5.41) is 2.88. The SMILES string of the molecule is COCCNC(=O)CN1C[C@@H](c2cc(C)ccc2C)OC[C@H]1C.